The normalized spacial score (nSPS) is 25.2. The molecule has 6 heteroatoms. The summed E-state index contributed by atoms with van der Waals surface area (Å²) in [7, 11) is 0. The van der Waals surface area contributed by atoms with Crippen molar-refractivity contribution < 1.29 is 14.7 Å². The predicted molar refractivity (Wildman–Crippen MR) is 68.2 cm³/mol. The Morgan fingerprint density at radius 1 is 1.39 bits per heavy atom. The van der Waals surface area contributed by atoms with Gasteiger partial charge in [-0.15, -0.1) is 0 Å². The Kier molecular flexibility index (Phi) is 5.91. The fourth-order valence-electron chi connectivity index (χ4n) is 2.08. The maximum atomic E-state index is 11.6. The molecule has 0 radical (unpaired) electrons. The number of carboxylic acids is 1. The molecule has 2 amide bonds. The smallest absolute Gasteiger partial charge is 0.315 e. The molecule has 0 heterocycles. The summed E-state index contributed by atoms with van der Waals surface area (Å²) >= 11 is 0. The molecule has 18 heavy (non-hydrogen) atoms. The molecule has 1 aliphatic carbocycles. The van der Waals surface area contributed by atoms with Crippen LogP contribution in [0.1, 0.15) is 39.0 Å². The van der Waals surface area contributed by atoms with Gasteiger partial charge in [0.2, 0.25) is 0 Å². The number of hydrogen-bond acceptors (Lipinski definition) is 3. The van der Waals surface area contributed by atoms with E-state index in [2.05, 4.69) is 10.6 Å². The first kappa shape index (κ1) is 14.8. The molecule has 5 N–H and O–H groups in total. The van der Waals surface area contributed by atoms with Gasteiger partial charge in [-0.05, 0) is 19.3 Å². The fraction of sp³-hybridized carbons (Fsp3) is 0.833. The highest BCUT2D eigenvalue weighted by Gasteiger charge is 2.23. The molecule has 0 aromatic rings. The van der Waals surface area contributed by atoms with Crippen LogP contribution in [0.15, 0.2) is 0 Å². The first-order valence-corrected chi connectivity index (χ1v) is 6.53. The first-order chi connectivity index (χ1) is 8.50. The van der Waals surface area contributed by atoms with Crippen molar-refractivity contribution in [2.75, 3.05) is 6.54 Å². The van der Waals surface area contributed by atoms with Crippen LogP contribution >= 0.6 is 0 Å². The van der Waals surface area contributed by atoms with Gasteiger partial charge < -0.3 is 21.5 Å². The second-order valence-electron chi connectivity index (χ2n) is 4.98. The van der Waals surface area contributed by atoms with Crippen LogP contribution in [0.2, 0.25) is 0 Å². The minimum atomic E-state index is -0.841. The molecule has 0 spiro atoms. The molecule has 0 aromatic heterocycles. The summed E-state index contributed by atoms with van der Waals surface area (Å²) in [6, 6.07) is -0.187. The van der Waals surface area contributed by atoms with Gasteiger partial charge in [-0.1, -0.05) is 19.8 Å². The molecule has 104 valence electrons. The van der Waals surface area contributed by atoms with Crippen molar-refractivity contribution in [2.45, 2.75) is 51.1 Å². The zero-order valence-electron chi connectivity index (χ0n) is 10.8. The van der Waals surface area contributed by atoms with Crippen molar-refractivity contribution in [1.82, 2.24) is 10.6 Å². The molecule has 0 aliphatic heterocycles. The molecule has 0 aromatic carbocycles. The van der Waals surface area contributed by atoms with Crippen LogP contribution in [0.25, 0.3) is 0 Å². The second-order valence-corrected chi connectivity index (χ2v) is 4.98. The number of nitrogens with two attached hydrogens (primary N) is 1. The Hall–Kier alpha value is -1.30. The standard InChI is InChI=1S/C12H23N3O3/c1-8(11(16)17)6-7-14-12(18)15-10-5-3-2-4-9(10)13/h8-10H,2-7,13H2,1H3,(H,16,17)(H2,14,15,18). The predicted octanol–water partition coefficient (Wildman–Crippen LogP) is 0.666. The number of urea groups is 1. The Morgan fingerprint density at radius 2 is 2.06 bits per heavy atom. The van der Waals surface area contributed by atoms with Crippen LogP contribution in [0.4, 0.5) is 4.79 Å². The number of nitrogens with one attached hydrogen (secondary N) is 2. The molecule has 3 atom stereocenters. The van der Waals surface area contributed by atoms with Gasteiger partial charge in [0.05, 0.1) is 5.92 Å². The lowest BCUT2D eigenvalue weighted by molar-refractivity contribution is -0.141. The molecule has 0 saturated heterocycles. The van der Waals surface area contributed by atoms with Crippen molar-refractivity contribution >= 4 is 12.0 Å². The highest BCUT2D eigenvalue weighted by Crippen LogP contribution is 2.16. The maximum Gasteiger partial charge on any atom is 0.315 e. The van der Waals surface area contributed by atoms with Gasteiger partial charge in [0.15, 0.2) is 0 Å². The average molecular weight is 257 g/mol. The number of carboxylic acid groups (broad SMARTS) is 1. The minimum absolute atomic E-state index is 0.0300. The highest BCUT2D eigenvalue weighted by molar-refractivity contribution is 5.74. The Balaban J connectivity index is 2.19. The molecular weight excluding hydrogens is 234 g/mol. The largest absolute Gasteiger partial charge is 0.481 e. The highest BCUT2D eigenvalue weighted by atomic mass is 16.4. The third-order valence-electron chi connectivity index (χ3n) is 3.42. The van der Waals surface area contributed by atoms with Gasteiger partial charge >= 0.3 is 12.0 Å². The second kappa shape index (κ2) is 7.20. The van der Waals surface area contributed by atoms with Crippen LogP contribution in [-0.2, 0) is 4.79 Å². The minimum Gasteiger partial charge on any atom is -0.481 e. The zero-order valence-corrected chi connectivity index (χ0v) is 10.8. The van der Waals surface area contributed by atoms with Crippen molar-refractivity contribution in [2.24, 2.45) is 11.7 Å². The number of carbonyl (C=O) groups is 2. The number of amides is 2. The summed E-state index contributed by atoms with van der Waals surface area (Å²) in [6.07, 6.45) is 4.51. The molecule has 1 fully saturated rings. The summed E-state index contributed by atoms with van der Waals surface area (Å²) in [5.41, 5.74) is 5.92. The summed E-state index contributed by atoms with van der Waals surface area (Å²) < 4.78 is 0. The van der Waals surface area contributed by atoms with Crippen LogP contribution in [0.5, 0.6) is 0 Å². The van der Waals surface area contributed by atoms with Crippen LogP contribution in [-0.4, -0.2) is 35.7 Å². The quantitative estimate of drug-likeness (QED) is 0.581. The summed E-state index contributed by atoms with van der Waals surface area (Å²) in [5.74, 6) is -1.28. The molecule has 1 saturated carbocycles. The summed E-state index contributed by atoms with van der Waals surface area (Å²) in [4.78, 5) is 22.2. The first-order valence-electron chi connectivity index (χ1n) is 6.53. The van der Waals surface area contributed by atoms with Crippen molar-refractivity contribution in [3.63, 3.8) is 0 Å². The lowest BCUT2D eigenvalue weighted by Gasteiger charge is -2.29. The van der Waals surface area contributed by atoms with E-state index in [-0.39, 0.29) is 18.1 Å². The summed E-state index contributed by atoms with van der Waals surface area (Å²) in [5, 5.41) is 14.2. The Labute approximate surface area is 107 Å². The lowest BCUT2D eigenvalue weighted by Crippen LogP contribution is -2.52. The van der Waals surface area contributed by atoms with Crippen LogP contribution < -0.4 is 16.4 Å². The van der Waals surface area contributed by atoms with E-state index in [1.54, 1.807) is 6.92 Å². The SMILES string of the molecule is CC(CCNC(=O)NC1CCCCC1N)C(=O)O. The number of rotatable bonds is 5. The average Bonchev–Trinajstić information content (AvgIpc) is 2.32. The number of carbonyl (C=O) groups excluding carboxylic acids is 1. The summed E-state index contributed by atoms with van der Waals surface area (Å²) in [6.45, 7) is 1.99. The van der Waals surface area contributed by atoms with Crippen molar-refractivity contribution in [1.29, 1.82) is 0 Å². The molecule has 1 rings (SSSR count). The Bertz CT molecular complexity index is 296. The fourth-order valence-corrected chi connectivity index (χ4v) is 2.08. The molecule has 1 aliphatic rings. The number of hydrogen-bond donors (Lipinski definition) is 4. The topological polar surface area (TPSA) is 104 Å². The van der Waals surface area contributed by atoms with E-state index in [4.69, 9.17) is 10.8 Å². The van der Waals surface area contributed by atoms with Crippen LogP contribution in [0, 0.1) is 5.92 Å². The van der Waals surface area contributed by atoms with E-state index in [0.29, 0.717) is 13.0 Å². The third kappa shape index (κ3) is 4.91. The van der Waals surface area contributed by atoms with Gasteiger partial charge in [-0.2, -0.15) is 0 Å². The van der Waals surface area contributed by atoms with Gasteiger partial charge in [0.1, 0.15) is 0 Å². The lowest BCUT2D eigenvalue weighted by atomic mass is 9.91. The van der Waals surface area contributed by atoms with E-state index in [0.717, 1.165) is 25.7 Å². The van der Waals surface area contributed by atoms with Crippen LogP contribution in [0.3, 0.4) is 0 Å². The van der Waals surface area contributed by atoms with E-state index < -0.39 is 11.9 Å². The van der Waals surface area contributed by atoms with Gasteiger partial charge in [0.25, 0.3) is 0 Å². The van der Waals surface area contributed by atoms with E-state index in [1.807, 2.05) is 0 Å². The van der Waals surface area contributed by atoms with Crippen molar-refractivity contribution in [3.8, 4) is 0 Å². The van der Waals surface area contributed by atoms with E-state index >= 15 is 0 Å². The molecule has 3 unspecified atom stereocenters. The Morgan fingerprint density at radius 3 is 2.67 bits per heavy atom. The molecular formula is C12H23N3O3. The van der Waals surface area contributed by atoms with Crippen molar-refractivity contribution in [3.05, 3.63) is 0 Å². The van der Waals surface area contributed by atoms with Gasteiger partial charge in [-0.3, -0.25) is 4.79 Å². The number of aliphatic carboxylic acids is 1. The monoisotopic (exact) mass is 257 g/mol. The zero-order chi connectivity index (χ0) is 13.5. The van der Waals surface area contributed by atoms with Gasteiger partial charge in [-0.25, -0.2) is 4.79 Å². The third-order valence-corrected chi connectivity index (χ3v) is 3.42. The maximum absolute atomic E-state index is 11.6. The van der Waals surface area contributed by atoms with E-state index in [9.17, 15) is 9.59 Å². The molecule has 0 bridgehead atoms. The molecule has 6 nitrogen and oxygen atoms in total. The van der Waals surface area contributed by atoms with Gasteiger partial charge in [0, 0.05) is 18.6 Å². The van der Waals surface area contributed by atoms with E-state index in [1.165, 1.54) is 0 Å².